The quantitative estimate of drug-likeness (QED) is 0.631. The SMILES string of the molecule is CCC(=O)Nc1cccc(C(F)F)c1COc1cc(C)c(CC)cc1Cl. The number of halogens is 3. The maximum atomic E-state index is 13.4. The van der Waals surface area contributed by atoms with Crippen LogP contribution in [0.15, 0.2) is 30.3 Å². The summed E-state index contributed by atoms with van der Waals surface area (Å²) in [5.41, 5.74) is 2.53. The molecular weight excluding hydrogens is 360 g/mol. The third-order valence-corrected chi connectivity index (χ3v) is 4.48. The molecule has 0 fully saturated rings. The van der Waals surface area contributed by atoms with E-state index in [4.69, 9.17) is 16.3 Å². The lowest BCUT2D eigenvalue weighted by Gasteiger charge is -2.17. The molecule has 0 saturated heterocycles. The number of carbonyl (C=O) groups is 1. The molecule has 0 heterocycles. The van der Waals surface area contributed by atoms with Crippen molar-refractivity contribution in [2.24, 2.45) is 0 Å². The molecule has 0 atom stereocenters. The van der Waals surface area contributed by atoms with E-state index in [2.05, 4.69) is 5.32 Å². The Hall–Kier alpha value is -2.14. The van der Waals surface area contributed by atoms with Crippen molar-refractivity contribution in [3.05, 3.63) is 57.6 Å². The predicted molar refractivity (Wildman–Crippen MR) is 100 cm³/mol. The average molecular weight is 382 g/mol. The molecule has 6 heteroatoms. The summed E-state index contributed by atoms with van der Waals surface area (Å²) in [5.74, 6) is 0.178. The van der Waals surface area contributed by atoms with Crippen LogP contribution in [0.2, 0.25) is 5.02 Å². The van der Waals surface area contributed by atoms with Gasteiger partial charge in [-0.15, -0.1) is 0 Å². The van der Waals surface area contributed by atoms with Crippen molar-refractivity contribution in [2.45, 2.75) is 46.6 Å². The number of ether oxygens (including phenoxy) is 1. The summed E-state index contributed by atoms with van der Waals surface area (Å²) in [6.45, 7) is 5.55. The normalized spacial score (nSPS) is 10.9. The molecule has 140 valence electrons. The Balaban J connectivity index is 2.33. The highest BCUT2D eigenvalue weighted by molar-refractivity contribution is 6.32. The van der Waals surface area contributed by atoms with Crippen LogP contribution in [-0.4, -0.2) is 5.91 Å². The molecule has 0 aliphatic carbocycles. The standard InChI is InChI=1S/C20H22ClF2NO2/c1-4-13-10-16(21)18(9-12(13)3)26-11-15-14(20(22)23)7-6-8-17(15)24-19(25)5-2/h6-10,20H,4-5,11H2,1-3H3,(H,24,25). The number of alkyl halides is 2. The van der Waals surface area contributed by atoms with Crippen LogP contribution >= 0.6 is 11.6 Å². The Labute approximate surface area is 157 Å². The number of benzene rings is 2. The van der Waals surface area contributed by atoms with E-state index >= 15 is 0 Å². The fourth-order valence-electron chi connectivity index (χ4n) is 2.66. The summed E-state index contributed by atoms with van der Waals surface area (Å²) in [5, 5.41) is 3.08. The first kappa shape index (κ1) is 20.2. The number of anilines is 1. The average Bonchev–Trinajstić information content (AvgIpc) is 2.62. The first-order chi connectivity index (χ1) is 12.4. The second kappa shape index (κ2) is 8.99. The number of nitrogens with one attached hydrogen (secondary N) is 1. The third kappa shape index (κ3) is 4.73. The number of carbonyl (C=O) groups excluding carboxylic acids is 1. The minimum atomic E-state index is -2.67. The zero-order chi connectivity index (χ0) is 19.3. The van der Waals surface area contributed by atoms with Gasteiger partial charge in [0.05, 0.1) is 5.02 Å². The monoisotopic (exact) mass is 381 g/mol. The van der Waals surface area contributed by atoms with Gasteiger partial charge in [-0.25, -0.2) is 8.78 Å². The molecule has 3 nitrogen and oxygen atoms in total. The van der Waals surface area contributed by atoms with Gasteiger partial charge in [-0.1, -0.05) is 37.6 Å². The van der Waals surface area contributed by atoms with Gasteiger partial charge in [-0.3, -0.25) is 4.79 Å². The maximum Gasteiger partial charge on any atom is 0.264 e. The van der Waals surface area contributed by atoms with Crippen molar-refractivity contribution in [1.82, 2.24) is 0 Å². The lowest BCUT2D eigenvalue weighted by atomic mass is 10.1. The molecule has 0 aromatic heterocycles. The molecule has 0 aliphatic heterocycles. The van der Waals surface area contributed by atoms with E-state index in [1.54, 1.807) is 19.1 Å². The van der Waals surface area contributed by atoms with Gasteiger partial charge in [0.1, 0.15) is 12.4 Å². The molecule has 0 unspecified atom stereocenters. The Morgan fingerprint density at radius 3 is 2.62 bits per heavy atom. The number of hydrogen-bond donors (Lipinski definition) is 1. The van der Waals surface area contributed by atoms with E-state index in [1.807, 2.05) is 19.9 Å². The van der Waals surface area contributed by atoms with Crippen LogP contribution in [0.4, 0.5) is 14.5 Å². The zero-order valence-electron chi connectivity index (χ0n) is 15.0. The van der Waals surface area contributed by atoms with E-state index < -0.39 is 6.43 Å². The highest BCUT2D eigenvalue weighted by Gasteiger charge is 2.18. The van der Waals surface area contributed by atoms with Crippen molar-refractivity contribution in [1.29, 1.82) is 0 Å². The van der Waals surface area contributed by atoms with E-state index in [1.165, 1.54) is 12.1 Å². The fourth-order valence-corrected chi connectivity index (χ4v) is 2.90. The second-order valence-corrected chi connectivity index (χ2v) is 6.33. The van der Waals surface area contributed by atoms with Gasteiger partial charge < -0.3 is 10.1 Å². The molecule has 2 aromatic rings. The lowest BCUT2D eigenvalue weighted by molar-refractivity contribution is -0.115. The molecule has 0 aliphatic rings. The van der Waals surface area contributed by atoms with E-state index in [-0.39, 0.29) is 30.1 Å². The zero-order valence-corrected chi connectivity index (χ0v) is 15.8. The van der Waals surface area contributed by atoms with Gasteiger partial charge in [0, 0.05) is 23.2 Å². The fraction of sp³-hybridized carbons (Fsp3) is 0.350. The first-order valence-electron chi connectivity index (χ1n) is 8.48. The minimum Gasteiger partial charge on any atom is -0.487 e. The van der Waals surface area contributed by atoms with Crippen LogP contribution in [0.25, 0.3) is 0 Å². The second-order valence-electron chi connectivity index (χ2n) is 5.93. The molecule has 1 N–H and O–H groups in total. The Kier molecular flexibility index (Phi) is 6.98. The van der Waals surface area contributed by atoms with Crippen molar-refractivity contribution < 1.29 is 18.3 Å². The van der Waals surface area contributed by atoms with Crippen LogP contribution in [0, 0.1) is 6.92 Å². The summed E-state index contributed by atoms with van der Waals surface area (Å²) in [6, 6.07) is 8.04. The molecule has 26 heavy (non-hydrogen) atoms. The van der Waals surface area contributed by atoms with Gasteiger partial charge in [0.25, 0.3) is 6.43 Å². The Bertz CT molecular complexity index is 794. The molecule has 0 radical (unpaired) electrons. The number of aryl methyl sites for hydroxylation is 2. The summed E-state index contributed by atoms with van der Waals surface area (Å²) >= 11 is 6.25. The largest absolute Gasteiger partial charge is 0.487 e. The summed E-state index contributed by atoms with van der Waals surface area (Å²) in [4.78, 5) is 11.7. The van der Waals surface area contributed by atoms with E-state index in [0.29, 0.717) is 16.5 Å². The third-order valence-electron chi connectivity index (χ3n) is 4.19. The number of hydrogen-bond acceptors (Lipinski definition) is 2. The molecular formula is C20H22ClF2NO2. The van der Waals surface area contributed by atoms with E-state index in [9.17, 15) is 13.6 Å². The summed E-state index contributed by atoms with van der Waals surface area (Å²) in [6.07, 6.45) is -1.58. The van der Waals surface area contributed by atoms with Gasteiger partial charge in [-0.2, -0.15) is 0 Å². The van der Waals surface area contributed by atoms with Crippen molar-refractivity contribution >= 4 is 23.2 Å². The Morgan fingerprint density at radius 1 is 1.27 bits per heavy atom. The highest BCUT2D eigenvalue weighted by Crippen LogP contribution is 2.33. The predicted octanol–water partition coefficient (Wildman–Crippen LogP) is 6.08. The van der Waals surface area contributed by atoms with Crippen LogP contribution < -0.4 is 10.1 Å². The minimum absolute atomic E-state index is 0.121. The van der Waals surface area contributed by atoms with Crippen molar-refractivity contribution in [3.63, 3.8) is 0 Å². The van der Waals surface area contributed by atoms with E-state index in [0.717, 1.165) is 17.5 Å². The van der Waals surface area contributed by atoms with Gasteiger partial charge in [-0.05, 0) is 42.7 Å². The van der Waals surface area contributed by atoms with Gasteiger partial charge in [0.15, 0.2) is 0 Å². The molecule has 0 bridgehead atoms. The molecule has 0 spiro atoms. The highest BCUT2D eigenvalue weighted by atomic mass is 35.5. The molecule has 2 rings (SSSR count). The molecule has 0 saturated carbocycles. The maximum absolute atomic E-state index is 13.4. The number of amides is 1. The lowest BCUT2D eigenvalue weighted by Crippen LogP contribution is -2.13. The summed E-state index contributed by atoms with van der Waals surface area (Å²) < 4.78 is 32.5. The van der Waals surface area contributed by atoms with Crippen LogP contribution in [0.5, 0.6) is 5.75 Å². The van der Waals surface area contributed by atoms with Gasteiger partial charge >= 0.3 is 0 Å². The van der Waals surface area contributed by atoms with Crippen LogP contribution in [0.3, 0.4) is 0 Å². The van der Waals surface area contributed by atoms with Crippen LogP contribution in [0.1, 0.15) is 48.9 Å². The molecule has 2 aromatic carbocycles. The first-order valence-corrected chi connectivity index (χ1v) is 8.86. The topological polar surface area (TPSA) is 38.3 Å². The smallest absolute Gasteiger partial charge is 0.264 e. The number of rotatable bonds is 7. The van der Waals surface area contributed by atoms with Gasteiger partial charge in [0.2, 0.25) is 5.91 Å². The van der Waals surface area contributed by atoms with Crippen molar-refractivity contribution in [2.75, 3.05) is 5.32 Å². The summed E-state index contributed by atoms with van der Waals surface area (Å²) in [7, 11) is 0. The van der Waals surface area contributed by atoms with Crippen molar-refractivity contribution in [3.8, 4) is 5.75 Å². The van der Waals surface area contributed by atoms with Crippen LogP contribution in [-0.2, 0) is 17.8 Å². The Morgan fingerprint density at radius 2 is 2.00 bits per heavy atom. The molecule has 1 amide bonds.